The van der Waals surface area contributed by atoms with E-state index in [9.17, 15) is 9.59 Å². The van der Waals surface area contributed by atoms with Crippen molar-refractivity contribution in [3.63, 3.8) is 0 Å². The lowest BCUT2D eigenvalue weighted by atomic mass is 9.99. The molecule has 8 heteroatoms. The SMILES string of the molecule is CCOCCOc1cc2c(cc1Cl)-c1c(cc(C(=O)OC(C)C)c(=O)n1C1CC1)C(C)S2. The number of pyridine rings is 1. The molecule has 1 aliphatic carbocycles. The first-order valence-corrected chi connectivity index (χ1v) is 12.3. The summed E-state index contributed by atoms with van der Waals surface area (Å²) in [5.74, 6) is 0.0343. The number of hydrogen-bond donors (Lipinski definition) is 0. The summed E-state index contributed by atoms with van der Waals surface area (Å²) in [7, 11) is 0. The highest BCUT2D eigenvalue weighted by atomic mass is 35.5. The Balaban J connectivity index is 1.80. The van der Waals surface area contributed by atoms with Gasteiger partial charge in [0, 0.05) is 28.4 Å². The molecule has 1 aromatic carbocycles. The summed E-state index contributed by atoms with van der Waals surface area (Å²) in [6.07, 6.45) is 1.54. The third-order valence-corrected chi connectivity index (χ3v) is 6.95. The number of rotatable bonds is 8. The number of benzene rings is 1. The highest BCUT2D eigenvalue weighted by molar-refractivity contribution is 7.99. The molecular weight excluding hydrogens is 450 g/mol. The number of ether oxygens (including phenoxy) is 3. The van der Waals surface area contributed by atoms with Gasteiger partial charge in [-0.1, -0.05) is 11.6 Å². The number of hydrogen-bond acceptors (Lipinski definition) is 6. The third-order valence-electron chi connectivity index (χ3n) is 5.46. The van der Waals surface area contributed by atoms with Crippen molar-refractivity contribution in [1.29, 1.82) is 0 Å². The van der Waals surface area contributed by atoms with Crippen molar-refractivity contribution in [3.05, 3.63) is 44.7 Å². The van der Waals surface area contributed by atoms with Gasteiger partial charge in [0.1, 0.15) is 17.9 Å². The lowest BCUT2D eigenvalue weighted by molar-refractivity contribution is 0.0375. The molecule has 0 bridgehead atoms. The van der Waals surface area contributed by atoms with E-state index in [1.54, 1.807) is 36.2 Å². The predicted octanol–water partition coefficient (Wildman–Crippen LogP) is 5.65. The van der Waals surface area contributed by atoms with E-state index < -0.39 is 5.97 Å². The van der Waals surface area contributed by atoms with Gasteiger partial charge in [0.2, 0.25) is 0 Å². The Morgan fingerprint density at radius 2 is 2.00 bits per heavy atom. The summed E-state index contributed by atoms with van der Waals surface area (Å²) < 4.78 is 18.3. The molecule has 32 heavy (non-hydrogen) atoms. The molecule has 1 unspecified atom stereocenters. The fourth-order valence-corrected chi connectivity index (χ4v) is 5.26. The zero-order chi connectivity index (χ0) is 23.0. The van der Waals surface area contributed by atoms with Crippen LogP contribution in [0, 0.1) is 0 Å². The van der Waals surface area contributed by atoms with Gasteiger partial charge in [-0.25, -0.2) is 4.79 Å². The minimum absolute atomic E-state index is 0.0474. The summed E-state index contributed by atoms with van der Waals surface area (Å²) in [5.41, 5.74) is 2.50. The number of halogens is 1. The van der Waals surface area contributed by atoms with Crippen molar-refractivity contribution in [1.82, 2.24) is 4.57 Å². The zero-order valence-electron chi connectivity index (χ0n) is 18.8. The largest absolute Gasteiger partial charge is 0.490 e. The molecule has 6 nitrogen and oxygen atoms in total. The van der Waals surface area contributed by atoms with Gasteiger partial charge in [0.15, 0.2) is 0 Å². The monoisotopic (exact) mass is 477 g/mol. The molecule has 1 fully saturated rings. The van der Waals surface area contributed by atoms with E-state index >= 15 is 0 Å². The Bertz CT molecular complexity index is 1090. The van der Waals surface area contributed by atoms with Crippen molar-refractivity contribution in [2.75, 3.05) is 19.8 Å². The standard InChI is InChI=1S/C24H28ClNO5S/c1-5-29-8-9-30-20-12-21-17(11-19(20)25)22-16(14(4)32-21)10-18(24(28)31-13(2)3)23(27)26(22)15-6-7-15/h10-15H,5-9H2,1-4H3. The number of carbonyl (C=O) groups is 1. The Labute approximate surface area is 197 Å². The van der Waals surface area contributed by atoms with E-state index in [0.717, 1.165) is 34.6 Å². The molecule has 1 saturated carbocycles. The van der Waals surface area contributed by atoms with Gasteiger partial charge in [-0.3, -0.25) is 4.79 Å². The Hall–Kier alpha value is -1.96. The number of thioether (sulfide) groups is 1. The molecule has 1 atom stereocenters. The molecule has 0 spiro atoms. The first kappa shape index (κ1) is 23.2. The number of fused-ring (bicyclic) bond motifs is 3. The van der Waals surface area contributed by atoms with Gasteiger partial charge >= 0.3 is 5.97 Å². The van der Waals surface area contributed by atoms with Gasteiger partial charge in [-0.05, 0) is 64.3 Å². The van der Waals surface area contributed by atoms with Crippen LogP contribution in [-0.2, 0) is 9.47 Å². The van der Waals surface area contributed by atoms with Gasteiger partial charge in [-0.2, -0.15) is 0 Å². The first-order chi connectivity index (χ1) is 15.3. The maximum atomic E-state index is 13.4. The second kappa shape index (κ2) is 9.49. The molecule has 4 rings (SSSR count). The van der Waals surface area contributed by atoms with E-state index in [0.29, 0.717) is 30.6 Å². The Morgan fingerprint density at radius 1 is 1.25 bits per heavy atom. The maximum Gasteiger partial charge on any atom is 0.344 e. The molecule has 0 N–H and O–H groups in total. The molecule has 2 aromatic rings. The molecule has 1 aromatic heterocycles. The van der Waals surface area contributed by atoms with Crippen molar-refractivity contribution >= 4 is 29.3 Å². The fourth-order valence-electron chi connectivity index (χ4n) is 3.89. The summed E-state index contributed by atoms with van der Waals surface area (Å²) in [5, 5.41) is 0.533. The molecule has 2 heterocycles. The smallest absolute Gasteiger partial charge is 0.344 e. The van der Waals surface area contributed by atoms with Crippen LogP contribution >= 0.6 is 23.4 Å². The van der Waals surface area contributed by atoms with Crippen molar-refractivity contribution in [3.8, 4) is 17.0 Å². The van der Waals surface area contributed by atoms with Gasteiger partial charge in [0.25, 0.3) is 5.56 Å². The van der Waals surface area contributed by atoms with E-state index in [4.69, 9.17) is 25.8 Å². The number of nitrogens with zero attached hydrogens (tertiary/aromatic N) is 1. The zero-order valence-corrected chi connectivity index (χ0v) is 20.3. The third kappa shape index (κ3) is 4.56. The topological polar surface area (TPSA) is 66.8 Å². The lowest BCUT2D eigenvalue weighted by Gasteiger charge is -2.29. The molecule has 172 valence electrons. The maximum absolute atomic E-state index is 13.4. The van der Waals surface area contributed by atoms with Crippen molar-refractivity contribution < 1.29 is 19.0 Å². The average Bonchev–Trinajstić information content (AvgIpc) is 3.56. The minimum atomic E-state index is -0.568. The number of aromatic nitrogens is 1. The van der Waals surface area contributed by atoms with E-state index in [-0.39, 0.29) is 28.5 Å². The summed E-state index contributed by atoms with van der Waals surface area (Å²) in [6.45, 7) is 9.12. The van der Waals surface area contributed by atoms with Crippen LogP contribution < -0.4 is 10.3 Å². The van der Waals surface area contributed by atoms with Crippen LogP contribution in [0.25, 0.3) is 11.3 Å². The van der Waals surface area contributed by atoms with Gasteiger partial charge in [0.05, 0.1) is 23.4 Å². The quantitative estimate of drug-likeness (QED) is 0.361. The van der Waals surface area contributed by atoms with Gasteiger partial charge < -0.3 is 18.8 Å². The van der Waals surface area contributed by atoms with E-state index in [2.05, 4.69) is 6.92 Å². The van der Waals surface area contributed by atoms with E-state index in [1.165, 1.54) is 0 Å². The summed E-state index contributed by atoms with van der Waals surface area (Å²) in [4.78, 5) is 27.1. The van der Waals surface area contributed by atoms with Crippen LogP contribution in [0.3, 0.4) is 0 Å². The molecule has 2 aliphatic rings. The molecule has 0 saturated heterocycles. The molecule has 1 aliphatic heterocycles. The van der Waals surface area contributed by atoms with Crippen molar-refractivity contribution in [2.24, 2.45) is 0 Å². The lowest BCUT2D eigenvalue weighted by Crippen LogP contribution is -2.31. The molecular formula is C24H28ClNO5S. The van der Waals surface area contributed by atoms with Gasteiger partial charge in [-0.15, -0.1) is 11.8 Å². The van der Waals surface area contributed by atoms with Crippen LogP contribution in [0.15, 0.2) is 27.9 Å². The summed E-state index contributed by atoms with van der Waals surface area (Å²) in [6, 6.07) is 5.61. The molecule has 0 radical (unpaired) electrons. The highest BCUT2D eigenvalue weighted by Gasteiger charge is 2.35. The van der Waals surface area contributed by atoms with Crippen LogP contribution in [-0.4, -0.2) is 36.5 Å². The fraction of sp³-hybridized carbons (Fsp3) is 0.500. The average molecular weight is 478 g/mol. The Kier molecular flexibility index (Phi) is 6.89. The van der Waals surface area contributed by atoms with Crippen LogP contribution in [0.4, 0.5) is 0 Å². The highest BCUT2D eigenvalue weighted by Crippen LogP contribution is 2.52. The van der Waals surface area contributed by atoms with Crippen molar-refractivity contribution in [2.45, 2.75) is 62.8 Å². The second-order valence-electron chi connectivity index (χ2n) is 8.31. The predicted molar refractivity (Wildman–Crippen MR) is 126 cm³/mol. The number of carbonyl (C=O) groups excluding carboxylic acids is 1. The minimum Gasteiger partial charge on any atom is -0.490 e. The van der Waals surface area contributed by atoms with Crippen LogP contribution in [0.1, 0.15) is 67.7 Å². The Morgan fingerprint density at radius 3 is 2.66 bits per heavy atom. The molecule has 0 amide bonds. The summed E-state index contributed by atoms with van der Waals surface area (Å²) >= 11 is 8.23. The number of esters is 1. The van der Waals surface area contributed by atoms with E-state index in [1.807, 2.05) is 19.1 Å². The van der Waals surface area contributed by atoms with Crippen LogP contribution in [0.5, 0.6) is 5.75 Å². The van der Waals surface area contributed by atoms with Crippen LogP contribution in [0.2, 0.25) is 5.02 Å². The first-order valence-electron chi connectivity index (χ1n) is 11.0. The second-order valence-corrected chi connectivity index (χ2v) is 10.1. The normalized spacial score (nSPS) is 17.1.